The summed E-state index contributed by atoms with van der Waals surface area (Å²) in [5.41, 5.74) is 13.4. The molecule has 9 aromatic rings. The van der Waals surface area contributed by atoms with Crippen LogP contribution in [0.2, 0.25) is 26.2 Å². The highest BCUT2D eigenvalue weighted by atomic mass is 28.3. The molecule has 8 aromatic carbocycles. The van der Waals surface area contributed by atoms with E-state index in [4.69, 9.17) is 4.42 Å². The Morgan fingerprint density at radius 3 is 2.09 bits per heavy atom. The summed E-state index contributed by atoms with van der Waals surface area (Å²) in [6, 6.07) is 61.1. The first-order chi connectivity index (χ1) is 26.3. The van der Waals surface area contributed by atoms with E-state index in [9.17, 15) is 0 Å². The molecule has 0 spiro atoms. The van der Waals surface area contributed by atoms with Gasteiger partial charge in [-0.05, 0) is 102 Å². The molecular formula is C50H39NOSi2. The molecule has 2 nitrogen and oxygen atoms in total. The van der Waals surface area contributed by atoms with Gasteiger partial charge in [-0.2, -0.15) is 0 Å². The Morgan fingerprint density at radius 1 is 0.444 bits per heavy atom. The number of nitrogens with zero attached hydrogens (tertiary/aromatic N) is 1. The number of rotatable bonds is 4. The highest BCUT2D eigenvalue weighted by molar-refractivity contribution is 7.05. The van der Waals surface area contributed by atoms with Crippen LogP contribution in [-0.2, 0) is 0 Å². The maximum Gasteiger partial charge on any atom is 0.143 e. The van der Waals surface area contributed by atoms with Crippen LogP contribution in [0.25, 0.3) is 66.1 Å². The minimum Gasteiger partial charge on any atom is -0.455 e. The molecule has 0 saturated carbocycles. The van der Waals surface area contributed by atoms with Crippen LogP contribution in [0.4, 0.5) is 17.1 Å². The van der Waals surface area contributed by atoms with E-state index < -0.39 is 16.1 Å². The molecule has 2 aliphatic heterocycles. The number of hydrogen-bond donors (Lipinski definition) is 0. The summed E-state index contributed by atoms with van der Waals surface area (Å²) in [5, 5.41) is 10.8. The van der Waals surface area contributed by atoms with Gasteiger partial charge in [-0.25, -0.2) is 0 Å². The Labute approximate surface area is 318 Å². The van der Waals surface area contributed by atoms with Crippen LogP contribution in [0, 0.1) is 0 Å². The van der Waals surface area contributed by atoms with Gasteiger partial charge in [-0.1, -0.05) is 148 Å². The molecule has 1 aromatic heterocycles. The summed E-state index contributed by atoms with van der Waals surface area (Å²) in [6.07, 6.45) is 0. The van der Waals surface area contributed by atoms with Crippen LogP contribution in [0.3, 0.4) is 0 Å². The van der Waals surface area contributed by atoms with Gasteiger partial charge in [0.05, 0.1) is 0 Å². The van der Waals surface area contributed by atoms with Crippen LogP contribution >= 0.6 is 0 Å². The molecule has 4 heteroatoms. The molecule has 0 bridgehead atoms. The maximum atomic E-state index is 6.66. The van der Waals surface area contributed by atoms with Crippen molar-refractivity contribution in [2.75, 3.05) is 4.90 Å². The van der Waals surface area contributed by atoms with E-state index in [-0.39, 0.29) is 0 Å². The van der Waals surface area contributed by atoms with Gasteiger partial charge < -0.3 is 9.32 Å². The molecule has 11 rings (SSSR count). The van der Waals surface area contributed by atoms with E-state index in [1.165, 1.54) is 92.7 Å². The molecule has 0 unspecified atom stereocenters. The lowest BCUT2D eigenvalue weighted by molar-refractivity contribution is 0.670. The first kappa shape index (κ1) is 31.6. The first-order valence-corrected chi connectivity index (χ1v) is 25.0. The summed E-state index contributed by atoms with van der Waals surface area (Å²) >= 11 is 0. The van der Waals surface area contributed by atoms with Gasteiger partial charge in [-0.3, -0.25) is 0 Å². The summed E-state index contributed by atoms with van der Waals surface area (Å²) in [4.78, 5) is 2.56. The third-order valence-corrected chi connectivity index (χ3v) is 19.5. The molecule has 3 heterocycles. The molecule has 0 aliphatic carbocycles. The number of anilines is 3. The largest absolute Gasteiger partial charge is 0.455 e. The lowest BCUT2D eigenvalue weighted by atomic mass is 9.99. The normalized spacial score (nSPS) is 14.6. The van der Waals surface area contributed by atoms with E-state index in [1.54, 1.807) is 0 Å². The van der Waals surface area contributed by atoms with E-state index >= 15 is 0 Å². The van der Waals surface area contributed by atoms with Gasteiger partial charge in [-0.15, -0.1) is 0 Å². The SMILES string of the molecule is C[Si]1(C)c2cc(N(c3cccc(-c4ccc5ccccc5c4)c3)c3cccc4c3[Si](C)(C)c3ccccc3-4)ccc2-c2c1ccc1c2oc2ccccc21. The van der Waals surface area contributed by atoms with Crippen LogP contribution in [0.1, 0.15) is 0 Å². The fraction of sp³-hybridized carbons (Fsp3) is 0.0800. The number of para-hydroxylation sites is 1. The molecular weight excluding hydrogens is 687 g/mol. The molecule has 0 atom stereocenters. The highest BCUT2D eigenvalue weighted by Gasteiger charge is 2.42. The number of benzene rings is 8. The second-order valence-electron chi connectivity index (χ2n) is 16.1. The second kappa shape index (κ2) is 11.3. The van der Waals surface area contributed by atoms with Gasteiger partial charge in [0.1, 0.15) is 27.3 Å². The van der Waals surface area contributed by atoms with E-state index in [1.807, 2.05) is 0 Å². The quantitative estimate of drug-likeness (QED) is 0.168. The Balaban J connectivity index is 1.14. The Morgan fingerprint density at radius 2 is 1.19 bits per heavy atom. The van der Waals surface area contributed by atoms with E-state index in [0.29, 0.717) is 0 Å². The monoisotopic (exact) mass is 725 g/mol. The molecule has 0 N–H and O–H groups in total. The van der Waals surface area contributed by atoms with Crippen LogP contribution in [-0.4, -0.2) is 16.1 Å². The third kappa shape index (κ3) is 4.38. The zero-order valence-corrected chi connectivity index (χ0v) is 32.9. The Kier molecular flexibility index (Phi) is 6.60. The fourth-order valence-electron chi connectivity index (χ4n) is 9.75. The zero-order chi connectivity index (χ0) is 36.3. The van der Waals surface area contributed by atoms with Crippen molar-refractivity contribution in [3.63, 3.8) is 0 Å². The first-order valence-electron chi connectivity index (χ1n) is 19.0. The fourth-order valence-corrected chi connectivity index (χ4v) is 16.2. The molecule has 0 amide bonds. The summed E-state index contributed by atoms with van der Waals surface area (Å²) in [7, 11) is -4.15. The van der Waals surface area contributed by atoms with E-state index in [0.717, 1.165) is 11.2 Å². The lowest BCUT2D eigenvalue weighted by Crippen LogP contribution is -2.51. The lowest BCUT2D eigenvalue weighted by Gasteiger charge is -2.32. The third-order valence-electron chi connectivity index (χ3n) is 12.4. The number of furan rings is 1. The minimum absolute atomic E-state index is 0.952. The van der Waals surface area contributed by atoms with Crippen LogP contribution in [0.5, 0.6) is 0 Å². The molecule has 0 saturated heterocycles. The van der Waals surface area contributed by atoms with Gasteiger partial charge in [0.2, 0.25) is 0 Å². The summed E-state index contributed by atoms with van der Waals surface area (Å²) < 4.78 is 6.66. The smallest absolute Gasteiger partial charge is 0.143 e. The van der Waals surface area contributed by atoms with Crippen molar-refractivity contribution in [2.45, 2.75) is 26.2 Å². The van der Waals surface area contributed by atoms with Crippen molar-refractivity contribution in [3.8, 4) is 33.4 Å². The van der Waals surface area contributed by atoms with Gasteiger partial charge >= 0.3 is 0 Å². The van der Waals surface area contributed by atoms with Crippen LogP contribution < -0.4 is 25.6 Å². The maximum absolute atomic E-state index is 6.66. The van der Waals surface area contributed by atoms with Crippen molar-refractivity contribution in [3.05, 3.63) is 164 Å². The minimum atomic E-state index is -2.09. The molecule has 0 radical (unpaired) electrons. The van der Waals surface area contributed by atoms with Crippen molar-refractivity contribution in [1.82, 2.24) is 0 Å². The predicted molar refractivity (Wildman–Crippen MR) is 236 cm³/mol. The predicted octanol–water partition coefficient (Wildman–Crippen LogP) is 11.5. The van der Waals surface area contributed by atoms with E-state index in [2.05, 4.69) is 195 Å². The topological polar surface area (TPSA) is 16.4 Å². The molecule has 54 heavy (non-hydrogen) atoms. The van der Waals surface area contributed by atoms with Gasteiger partial charge in [0.25, 0.3) is 0 Å². The van der Waals surface area contributed by atoms with Crippen molar-refractivity contribution >= 4 is 86.7 Å². The summed E-state index contributed by atoms with van der Waals surface area (Å²) in [6.45, 7) is 10.1. The van der Waals surface area contributed by atoms with Crippen molar-refractivity contribution < 1.29 is 4.42 Å². The standard InChI is InChI=1S/C50H39NOSi2/c1-53(2)46-28-27-40-38-17-7-9-21-44(38)52-49(40)48(46)42-26-25-37(31-47(42)53)51(43-20-12-19-41-39-18-8-10-22-45(39)54(3,4)50(41)43)36-16-11-15-34(30-36)35-24-23-32-13-5-6-14-33(32)29-35/h5-31H,1-4H3. The molecule has 2 aliphatic rings. The number of hydrogen-bond acceptors (Lipinski definition) is 2. The number of fused-ring (bicyclic) bond motifs is 11. The molecule has 0 fully saturated rings. The molecule has 258 valence electrons. The van der Waals surface area contributed by atoms with Crippen LogP contribution in [0.15, 0.2) is 168 Å². The van der Waals surface area contributed by atoms with Gasteiger partial charge in [0.15, 0.2) is 0 Å². The Bertz CT molecular complexity index is 3020. The zero-order valence-electron chi connectivity index (χ0n) is 30.9. The van der Waals surface area contributed by atoms with Crippen molar-refractivity contribution in [2.24, 2.45) is 0 Å². The average Bonchev–Trinajstić information content (AvgIpc) is 3.78. The Hall–Kier alpha value is -5.95. The summed E-state index contributed by atoms with van der Waals surface area (Å²) in [5.74, 6) is 0. The van der Waals surface area contributed by atoms with Gasteiger partial charge in [0, 0.05) is 33.4 Å². The highest BCUT2D eigenvalue weighted by Crippen LogP contribution is 2.44. The average molecular weight is 726 g/mol. The second-order valence-corrected chi connectivity index (χ2v) is 24.8. The van der Waals surface area contributed by atoms with Crippen molar-refractivity contribution in [1.29, 1.82) is 0 Å².